The maximum atomic E-state index is 13.4. The number of carboxylic acids is 1. The van der Waals surface area contributed by atoms with Crippen LogP contribution in [0.1, 0.15) is 33.9 Å². The van der Waals surface area contributed by atoms with Crippen molar-refractivity contribution in [1.29, 1.82) is 0 Å². The molecule has 1 atom stereocenters. The normalized spacial score (nSPS) is 19.4. The lowest BCUT2D eigenvalue weighted by atomic mass is 10.0. The predicted octanol–water partition coefficient (Wildman–Crippen LogP) is 1.47. The first-order chi connectivity index (χ1) is 6.59. The fraction of sp³-hybridized carbons (Fsp3) is 0.300. The number of halogens is 1. The predicted molar refractivity (Wildman–Crippen MR) is 48.6 cm³/mol. The first kappa shape index (κ1) is 9.15. The largest absolute Gasteiger partial charge is 0.478 e. The Bertz CT molecular complexity index is 403. The van der Waals surface area contributed by atoms with E-state index in [4.69, 9.17) is 10.8 Å². The van der Waals surface area contributed by atoms with Crippen LogP contribution in [0.4, 0.5) is 4.39 Å². The summed E-state index contributed by atoms with van der Waals surface area (Å²) >= 11 is 0. The number of aromatic carboxylic acids is 1. The summed E-state index contributed by atoms with van der Waals surface area (Å²) in [5.41, 5.74) is 6.89. The van der Waals surface area contributed by atoms with Gasteiger partial charge in [-0.1, -0.05) is 0 Å². The molecule has 0 radical (unpaired) electrons. The van der Waals surface area contributed by atoms with E-state index in [0.29, 0.717) is 18.4 Å². The highest BCUT2D eigenvalue weighted by molar-refractivity contribution is 5.88. The maximum Gasteiger partial charge on any atom is 0.335 e. The van der Waals surface area contributed by atoms with Gasteiger partial charge in [0.15, 0.2) is 0 Å². The Kier molecular flexibility index (Phi) is 2.00. The van der Waals surface area contributed by atoms with E-state index in [9.17, 15) is 9.18 Å². The Morgan fingerprint density at radius 2 is 2.29 bits per heavy atom. The average molecular weight is 195 g/mol. The van der Waals surface area contributed by atoms with E-state index in [1.807, 2.05) is 0 Å². The second kappa shape index (κ2) is 3.06. The first-order valence-electron chi connectivity index (χ1n) is 4.41. The number of benzene rings is 1. The molecule has 0 saturated carbocycles. The Morgan fingerprint density at radius 3 is 2.93 bits per heavy atom. The molecule has 0 unspecified atom stereocenters. The van der Waals surface area contributed by atoms with Crippen molar-refractivity contribution in [2.45, 2.75) is 18.9 Å². The van der Waals surface area contributed by atoms with Gasteiger partial charge in [-0.2, -0.15) is 0 Å². The van der Waals surface area contributed by atoms with E-state index in [0.717, 1.165) is 11.6 Å². The van der Waals surface area contributed by atoms with Crippen molar-refractivity contribution in [3.8, 4) is 0 Å². The molecule has 0 heterocycles. The quantitative estimate of drug-likeness (QED) is 0.713. The van der Waals surface area contributed by atoms with Crippen molar-refractivity contribution in [2.75, 3.05) is 0 Å². The van der Waals surface area contributed by atoms with Crippen LogP contribution in [0.25, 0.3) is 0 Å². The van der Waals surface area contributed by atoms with Crippen molar-refractivity contribution in [3.05, 3.63) is 34.6 Å². The highest BCUT2D eigenvalue weighted by Gasteiger charge is 2.24. The third-order valence-corrected chi connectivity index (χ3v) is 2.56. The number of rotatable bonds is 1. The smallest absolute Gasteiger partial charge is 0.335 e. The monoisotopic (exact) mass is 195 g/mol. The van der Waals surface area contributed by atoms with Crippen LogP contribution in [0, 0.1) is 5.82 Å². The summed E-state index contributed by atoms with van der Waals surface area (Å²) < 4.78 is 13.4. The van der Waals surface area contributed by atoms with Crippen LogP contribution in [-0.2, 0) is 6.42 Å². The van der Waals surface area contributed by atoms with Gasteiger partial charge in [0.1, 0.15) is 5.82 Å². The molecule has 2 rings (SSSR count). The molecule has 0 amide bonds. The van der Waals surface area contributed by atoms with E-state index >= 15 is 0 Å². The minimum atomic E-state index is -1.10. The van der Waals surface area contributed by atoms with E-state index < -0.39 is 11.8 Å². The molecule has 4 heteroatoms. The molecule has 0 aromatic heterocycles. The molecule has 0 aliphatic heterocycles. The molecule has 3 N–H and O–H groups in total. The fourth-order valence-electron chi connectivity index (χ4n) is 1.88. The standard InChI is InChI=1S/C10H10FNO2/c11-7-4-6(10(13)14)3-5-1-2-8(12)9(5)7/h3-4,8H,1-2,12H2,(H,13,14)/t8-/m1/s1. The summed E-state index contributed by atoms with van der Waals surface area (Å²) in [5, 5.41) is 8.71. The number of fused-ring (bicyclic) bond motifs is 1. The van der Waals surface area contributed by atoms with Gasteiger partial charge in [0, 0.05) is 11.6 Å². The molecule has 0 bridgehead atoms. The third kappa shape index (κ3) is 1.28. The molecule has 1 aromatic carbocycles. The van der Waals surface area contributed by atoms with Gasteiger partial charge in [-0.3, -0.25) is 0 Å². The van der Waals surface area contributed by atoms with Crippen LogP contribution >= 0.6 is 0 Å². The zero-order valence-corrected chi connectivity index (χ0v) is 7.46. The number of nitrogens with two attached hydrogens (primary N) is 1. The fourth-order valence-corrected chi connectivity index (χ4v) is 1.88. The zero-order valence-electron chi connectivity index (χ0n) is 7.46. The summed E-state index contributed by atoms with van der Waals surface area (Å²) in [7, 11) is 0. The summed E-state index contributed by atoms with van der Waals surface area (Å²) in [6, 6.07) is 2.26. The Morgan fingerprint density at radius 1 is 1.57 bits per heavy atom. The molecule has 1 aliphatic carbocycles. The Labute approximate surface area is 80.3 Å². The van der Waals surface area contributed by atoms with Gasteiger partial charge in [0.05, 0.1) is 5.56 Å². The highest BCUT2D eigenvalue weighted by Crippen LogP contribution is 2.32. The molecule has 74 valence electrons. The second-order valence-corrected chi connectivity index (χ2v) is 3.48. The van der Waals surface area contributed by atoms with Gasteiger partial charge in [-0.15, -0.1) is 0 Å². The SMILES string of the molecule is N[C@@H]1CCc2cc(C(=O)O)cc(F)c21. The molecule has 0 saturated heterocycles. The highest BCUT2D eigenvalue weighted by atomic mass is 19.1. The van der Waals surface area contributed by atoms with Crippen molar-refractivity contribution in [1.82, 2.24) is 0 Å². The number of hydrogen-bond acceptors (Lipinski definition) is 2. The summed E-state index contributed by atoms with van der Waals surface area (Å²) in [4.78, 5) is 10.6. The minimum Gasteiger partial charge on any atom is -0.478 e. The van der Waals surface area contributed by atoms with Gasteiger partial charge in [0.25, 0.3) is 0 Å². The summed E-state index contributed by atoms with van der Waals surface area (Å²) in [6.45, 7) is 0. The van der Waals surface area contributed by atoms with Gasteiger partial charge < -0.3 is 10.8 Å². The van der Waals surface area contributed by atoms with Crippen molar-refractivity contribution in [2.24, 2.45) is 5.73 Å². The molecule has 1 aliphatic rings. The van der Waals surface area contributed by atoms with Crippen LogP contribution in [-0.4, -0.2) is 11.1 Å². The topological polar surface area (TPSA) is 63.3 Å². The van der Waals surface area contributed by atoms with Gasteiger partial charge in [-0.05, 0) is 30.5 Å². The third-order valence-electron chi connectivity index (χ3n) is 2.56. The lowest BCUT2D eigenvalue weighted by molar-refractivity contribution is 0.0696. The molecular weight excluding hydrogens is 185 g/mol. The van der Waals surface area contributed by atoms with Crippen molar-refractivity contribution >= 4 is 5.97 Å². The van der Waals surface area contributed by atoms with E-state index in [2.05, 4.69) is 0 Å². The Hall–Kier alpha value is -1.42. The maximum absolute atomic E-state index is 13.4. The van der Waals surface area contributed by atoms with Crippen LogP contribution in [0.2, 0.25) is 0 Å². The summed E-state index contributed by atoms with van der Waals surface area (Å²) in [6.07, 6.45) is 1.35. The summed E-state index contributed by atoms with van der Waals surface area (Å²) in [5.74, 6) is -1.60. The van der Waals surface area contributed by atoms with Crippen LogP contribution < -0.4 is 5.73 Å². The Balaban J connectivity index is 2.57. The lowest BCUT2D eigenvalue weighted by Gasteiger charge is -2.06. The number of carboxylic acid groups (broad SMARTS) is 1. The molecular formula is C10H10FNO2. The van der Waals surface area contributed by atoms with E-state index in [-0.39, 0.29) is 11.6 Å². The molecule has 0 fully saturated rings. The van der Waals surface area contributed by atoms with Crippen LogP contribution in [0.15, 0.2) is 12.1 Å². The van der Waals surface area contributed by atoms with Gasteiger partial charge in [0.2, 0.25) is 0 Å². The van der Waals surface area contributed by atoms with Gasteiger partial charge >= 0.3 is 5.97 Å². The zero-order chi connectivity index (χ0) is 10.3. The van der Waals surface area contributed by atoms with Crippen molar-refractivity contribution in [3.63, 3.8) is 0 Å². The van der Waals surface area contributed by atoms with Crippen LogP contribution in [0.3, 0.4) is 0 Å². The molecule has 1 aromatic rings. The lowest BCUT2D eigenvalue weighted by Crippen LogP contribution is -2.08. The number of carbonyl (C=O) groups is 1. The molecule has 0 spiro atoms. The van der Waals surface area contributed by atoms with E-state index in [1.165, 1.54) is 6.07 Å². The van der Waals surface area contributed by atoms with Crippen molar-refractivity contribution < 1.29 is 14.3 Å². The minimum absolute atomic E-state index is 0.00431. The molecule has 3 nitrogen and oxygen atoms in total. The number of aryl methyl sites for hydroxylation is 1. The average Bonchev–Trinajstić information content (AvgIpc) is 2.48. The second-order valence-electron chi connectivity index (χ2n) is 3.48. The van der Waals surface area contributed by atoms with E-state index in [1.54, 1.807) is 0 Å². The van der Waals surface area contributed by atoms with Gasteiger partial charge in [-0.25, -0.2) is 9.18 Å². The number of hydrogen-bond donors (Lipinski definition) is 2. The van der Waals surface area contributed by atoms with Crippen LogP contribution in [0.5, 0.6) is 0 Å². The first-order valence-corrected chi connectivity index (χ1v) is 4.41. The molecule has 14 heavy (non-hydrogen) atoms.